The molecule has 0 saturated carbocycles. The van der Waals surface area contributed by atoms with E-state index in [9.17, 15) is 4.79 Å². The molecule has 0 aromatic heterocycles. The second-order valence-electron chi connectivity index (χ2n) is 5.88. The SMILES string of the molecule is CCOCCN(CCCCC(C)(C)C(=O)O)CCOCC. The highest BCUT2D eigenvalue weighted by molar-refractivity contribution is 5.73. The smallest absolute Gasteiger partial charge is 0.309 e. The molecule has 0 aliphatic rings. The van der Waals surface area contributed by atoms with Crippen LogP contribution in [0.1, 0.15) is 47.0 Å². The number of hydrogen-bond acceptors (Lipinski definition) is 4. The van der Waals surface area contributed by atoms with Crippen LogP contribution in [0.15, 0.2) is 0 Å². The van der Waals surface area contributed by atoms with Crippen LogP contribution in [-0.4, -0.2) is 62.0 Å². The zero-order valence-corrected chi connectivity index (χ0v) is 14.2. The molecule has 0 aromatic carbocycles. The number of unbranched alkanes of at least 4 members (excludes halogenated alkanes) is 1. The molecule has 21 heavy (non-hydrogen) atoms. The Morgan fingerprint density at radius 1 is 1.00 bits per heavy atom. The summed E-state index contributed by atoms with van der Waals surface area (Å²) < 4.78 is 10.8. The minimum atomic E-state index is -0.716. The molecule has 5 heteroatoms. The Morgan fingerprint density at radius 3 is 1.95 bits per heavy atom. The molecule has 0 aliphatic carbocycles. The van der Waals surface area contributed by atoms with E-state index in [1.54, 1.807) is 13.8 Å². The minimum Gasteiger partial charge on any atom is -0.481 e. The van der Waals surface area contributed by atoms with Gasteiger partial charge >= 0.3 is 5.97 Å². The number of carboxylic acid groups (broad SMARTS) is 1. The monoisotopic (exact) mass is 303 g/mol. The number of hydrogen-bond donors (Lipinski definition) is 1. The summed E-state index contributed by atoms with van der Waals surface area (Å²) in [5, 5.41) is 9.09. The Morgan fingerprint density at radius 2 is 1.52 bits per heavy atom. The first kappa shape index (κ1) is 20.3. The van der Waals surface area contributed by atoms with Gasteiger partial charge in [-0.1, -0.05) is 6.42 Å². The average Bonchev–Trinajstić information content (AvgIpc) is 2.43. The van der Waals surface area contributed by atoms with Crippen molar-refractivity contribution in [3.05, 3.63) is 0 Å². The molecule has 0 unspecified atom stereocenters. The Labute approximate surface area is 129 Å². The molecule has 0 spiro atoms. The topological polar surface area (TPSA) is 59.0 Å². The van der Waals surface area contributed by atoms with Crippen molar-refractivity contribution >= 4 is 5.97 Å². The van der Waals surface area contributed by atoms with Gasteiger partial charge in [-0.25, -0.2) is 0 Å². The first-order chi connectivity index (χ1) is 9.94. The van der Waals surface area contributed by atoms with Gasteiger partial charge in [0.25, 0.3) is 0 Å². The van der Waals surface area contributed by atoms with Crippen molar-refractivity contribution in [3.63, 3.8) is 0 Å². The molecule has 0 atom stereocenters. The highest BCUT2D eigenvalue weighted by Crippen LogP contribution is 2.23. The third kappa shape index (κ3) is 10.7. The first-order valence-corrected chi connectivity index (χ1v) is 8.05. The lowest BCUT2D eigenvalue weighted by Gasteiger charge is -2.23. The summed E-state index contributed by atoms with van der Waals surface area (Å²) in [5.41, 5.74) is -0.624. The Balaban J connectivity index is 3.95. The summed E-state index contributed by atoms with van der Waals surface area (Å²) in [4.78, 5) is 13.4. The maximum absolute atomic E-state index is 11.1. The maximum atomic E-state index is 11.1. The molecular formula is C16H33NO4. The van der Waals surface area contributed by atoms with Crippen molar-refractivity contribution in [2.45, 2.75) is 47.0 Å². The van der Waals surface area contributed by atoms with Crippen LogP contribution in [-0.2, 0) is 14.3 Å². The predicted octanol–water partition coefficient (Wildman–Crippen LogP) is 2.64. The zero-order valence-electron chi connectivity index (χ0n) is 14.2. The molecular weight excluding hydrogens is 270 g/mol. The molecule has 0 fully saturated rings. The van der Waals surface area contributed by atoms with Gasteiger partial charge < -0.3 is 14.6 Å². The lowest BCUT2D eigenvalue weighted by molar-refractivity contribution is -0.147. The van der Waals surface area contributed by atoms with Gasteiger partial charge in [0.15, 0.2) is 0 Å². The van der Waals surface area contributed by atoms with Gasteiger partial charge in [-0.15, -0.1) is 0 Å². The number of carboxylic acids is 1. The third-order valence-electron chi connectivity index (χ3n) is 3.62. The van der Waals surface area contributed by atoms with Gasteiger partial charge in [-0.2, -0.15) is 0 Å². The normalized spacial score (nSPS) is 12.0. The van der Waals surface area contributed by atoms with Crippen LogP contribution in [0.4, 0.5) is 0 Å². The van der Waals surface area contributed by atoms with Crippen LogP contribution in [0.2, 0.25) is 0 Å². The van der Waals surface area contributed by atoms with Crippen LogP contribution in [0.5, 0.6) is 0 Å². The zero-order chi connectivity index (χ0) is 16.1. The summed E-state index contributed by atoms with van der Waals surface area (Å²) in [5.74, 6) is -0.716. The molecule has 0 saturated heterocycles. The van der Waals surface area contributed by atoms with Gasteiger partial charge in [-0.3, -0.25) is 9.69 Å². The standard InChI is InChI=1S/C16H33NO4/c1-5-20-13-11-17(12-14-21-6-2)10-8-7-9-16(3,4)15(18)19/h5-14H2,1-4H3,(H,18,19). The van der Waals surface area contributed by atoms with E-state index < -0.39 is 11.4 Å². The summed E-state index contributed by atoms with van der Waals surface area (Å²) in [7, 11) is 0. The predicted molar refractivity (Wildman–Crippen MR) is 84.7 cm³/mol. The van der Waals surface area contributed by atoms with E-state index in [1.807, 2.05) is 13.8 Å². The minimum absolute atomic E-state index is 0.624. The second kappa shape index (κ2) is 12.0. The van der Waals surface area contributed by atoms with Crippen molar-refractivity contribution in [3.8, 4) is 0 Å². The Bertz CT molecular complexity index is 259. The molecule has 1 N–H and O–H groups in total. The molecule has 5 nitrogen and oxygen atoms in total. The fourth-order valence-corrected chi connectivity index (χ4v) is 2.02. The van der Waals surface area contributed by atoms with E-state index in [0.29, 0.717) is 6.42 Å². The highest BCUT2D eigenvalue weighted by Gasteiger charge is 2.26. The van der Waals surface area contributed by atoms with Crippen LogP contribution in [0, 0.1) is 5.41 Å². The van der Waals surface area contributed by atoms with Crippen molar-refractivity contribution in [2.24, 2.45) is 5.41 Å². The largest absolute Gasteiger partial charge is 0.481 e. The molecule has 0 aromatic rings. The van der Waals surface area contributed by atoms with Crippen LogP contribution >= 0.6 is 0 Å². The number of ether oxygens (including phenoxy) is 2. The van der Waals surface area contributed by atoms with Crippen LogP contribution in [0.3, 0.4) is 0 Å². The number of carbonyl (C=O) groups is 1. The van der Waals surface area contributed by atoms with Gasteiger partial charge in [0.2, 0.25) is 0 Å². The van der Waals surface area contributed by atoms with Crippen LogP contribution < -0.4 is 0 Å². The van der Waals surface area contributed by atoms with E-state index in [0.717, 1.165) is 58.9 Å². The number of aliphatic carboxylic acids is 1. The fourth-order valence-electron chi connectivity index (χ4n) is 2.02. The third-order valence-corrected chi connectivity index (χ3v) is 3.62. The molecule has 0 heterocycles. The highest BCUT2D eigenvalue weighted by atomic mass is 16.5. The van der Waals surface area contributed by atoms with Crippen molar-refractivity contribution in [2.75, 3.05) is 46.1 Å². The second-order valence-corrected chi connectivity index (χ2v) is 5.88. The average molecular weight is 303 g/mol. The van der Waals surface area contributed by atoms with E-state index in [-0.39, 0.29) is 0 Å². The molecule has 0 bridgehead atoms. The van der Waals surface area contributed by atoms with Gasteiger partial charge in [-0.05, 0) is 47.1 Å². The molecule has 0 rings (SSSR count). The molecule has 126 valence electrons. The molecule has 0 amide bonds. The van der Waals surface area contributed by atoms with Crippen molar-refractivity contribution < 1.29 is 19.4 Å². The van der Waals surface area contributed by atoms with Crippen molar-refractivity contribution in [1.82, 2.24) is 4.90 Å². The van der Waals surface area contributed by atoms with Crippen LogP contribution in [0.25, 0.3) is 0 Å². The Hall–Kier alpha value is -0.650. The van der Waals surface area contributed by atoms with Gasteiger partial charge in [0.1, 0.15) is 0 Å². The number of rotatable bonds is 14. The summed E-state index contributed by atoms with van der Waals surface area (Å²) in [6.45, 7) is 13.3. The summed E-state index contributed by atoms with van der Waals surface area (Å²) in [6, 6.07) is 0. The fraction of sp³-hybridized carbons (Fsp3) is 0.938. The Kier molecular flexibility index (Phi) is 11.6. The summed E-state index contributed by atoms with van der Waals surface area (Å²) in [6.07, 6.45) is 2.65. The van der Waals surface area contributed by atoms with E-state index in [2.05, 4.69) is 4.90 Å². The molecule has 0 radical (unpaired) electrons. The van der Waals surface area contributed by atoms with E-state index in [1.165, 1.54) is 0 Å². The quantitative estimate of drug-likeness (QED) is 0.500. The molecule has 0 aliphatic heterocycles. The summed E-state index contributed by atoms with van der Waals surface area (Å²) >= 11 is 0. The number of nitrogens with zero attached hydrogens (tertiary/aromatic N) is 1. The lowest BCUT2D eigenvalue weighted by atomic mass is 9.87. The lowest BCUT2D eigenvalue weighted by Crippen LogP contribution is -2.32. The maximum Gasteiger partial charge on any atom is 0.309 e. The van der Waals surface area contributed by atoms with Crippen molar-refractivity contribution in [1.29, 1.82) is 0 Å². The van der Waals surface area contributed by atoms with E-state index in [4.69, 9.17) is 14.6 Å². The first-order valence-electron chi connectivity index (χ1n) is 8.05. The van der Waals surface area contributed by atoms with Gasteiger partial charge in [0, 0.05) is 26.3 Å². The van der Waals surface area contributed by atoms with Gasteiger partial charge in [0.05, 0.1) is 18.6 Å². The van der Waals surface area contributed by atoms with E-state index >= 15 is 0 Å².